The molecule has 2 unspecified atom stereocenters. The predicted molar refractivity (Wildman–Crippen MR) is 71.7 cm³/mol. The summed E-state index contributed by atoms with van der Waals surface area (Å²) < 4.78 is 13.4. The minimum atomic E-state index is -0.346. The third kappa shape index (κ3) is 4.38. The standard InChI is InChI=1S/C13H17BrFNO2/c1-8(7-17)9(2)16-13(18)6-10-3-4-12(15)11(14)5-10/h3-5,8-9,17H,6-7H2,1-2H3,(H,16,18). The number of rotatable bonds is 5. The van der Waals surface area contributed by atoms with Crippen LogP contribution in [0.4, 0.5) is 4.39 Å². The molecule has 2 atom stereocenters. The number of amides is 1. The van der Waals surface area contributed by atoms with Crippen molar-refractivity contribution in [1.82, 2.24) is 5.32 Å². The van der Waals surface area contributed by atoms with Gasteiger partial charge in [0.25, 0.3) is 0 Å². The highest BCUT2D eigenvalue weighted by Crippen LogP contribution is 2.17. The predicted octanol–water partition coefficient (Wildman–Crippen LogP) is 2.26. The Morgan fingerprint density at radius 3 is 2.72 bits per heavy atom. The van der Waals surface area contributed by atoms with Gasteiger partial charge in [-0.1, -0.05) is 13.0 Å². The first-order valence-electron chi connectivity index (χ1n) is 5.78. The zero-order valence-corrected chi connectivity index (χ0v) is 12.0. The number of carbonyl (C=O) groups excluding carboxylic acids is 1. The Balaban J connectivity index is 2.57. The minimum absolute atomic E-state index is 0.00824. The van der Waals surface area contributed by atoms with Gasteiger partial charge in [0.2, 0.25) is 5.91 Å². The lowest BCUT2D eigenvalue weighted by Gasteiger charge is -2.19. The molecule has 0 radical (unpaired) electrons. The second-order valence-corrected chi connectivity index (χ2v) is 5.30. The van der Waals surface area contributed by atoms with Gasteiger partial charge in [-0.25, -0.2) is 4.39 Å². The summed E-state index contributed by atoms with van der Waals surface area (Å²) in [4.78, 5) is 11.7. The third-order valence-electron chi connectivity index (χ3n) is 2.88. The van der Waals surface area contributed by atoms with Gasteiger partial charge in [0.05, 0.1) is 10.9 Å². The fourth-order valence-corrected chi connectivity index (χ4v) is 1.87. The molecule has 1 aromatic carbocycles. The van der Waals surface area contributed by atoms with E-state index in [2.05, 4.69) is 21.2 Å². The number of aliphatic hydroxyl groups is 1. The second-order valence-electron chi connectivity index (χ2n) is 4.44. The molecule has 18 heavy (non-hydrogen) atoms. The van der Waals surface area contributed by atoms with Crippen LogP contribution in [0.3, 0.4) is 0 Å². The smallest absolute Gasteiger partial charge is 0.224 e. The number of aliphatic hydroxyl groups excluding tert-OH is 1. The number of benzene rings is 1. The third-order valence-corrected chi connectivity index (χ3v) is 3.49. The van der Waals surface area contributed by atoms with Crippen LogP contribution < -0.4 is 5.32 Å². The summed E-state index contributed by atoms with van der Waals surface area (Å²) in [5, 5.41) is 11.8. The fourth-order valence-electron chi connectivity index (χ4n) is 1.44. The Labute approximate surface area is 115 Å². The van der Waals surface area contributed by atoms with Gasteiger partial charge in [-0.15, -0.1) is 0 Å². The van der Waals surface area contributed by atoms with Gasteiger partial charge in [0.15, 0.2) is 0 Å². The zero-order valence-electron chi connectivity index (χ0n) is 10.4. The lowest BCUT2D eigenvalue weighted by atomic mass is 10.0. The van der Waals surface area contributed by atoms with Gasteiger partial charge in [-0.05, 0) is 46.5 Å². The fraction of sp³-hybridized carbons (Fsp3) is 0.462. The molecule has 0 aliphatic rings. The highest BCUT2D eigenvalue weighted by Gasteiger charge is 2.14. The van der Waals surface area contributed by atoms with Crippen molar-refractivity contribution < 1.29 is 14.3 Å². The highest BCUT2D eigenvalue weighted by molar-refractivity contribution is 9.10. The molecule has 1 amide bonds. The van der Waals surface area contributed by atoms with Crippen molar-refractivity contribution >= 4 is 21.8 Å². The molecular formula is C13H17BrFNO2. The topological polar surface area (TPSA) is 49.3 Å². The van der Waals surface area contributed by atoms with Crippen LogP contribution in [-0.4, -0.2) is 23.7 Å². The molecule has 0 aliphatic carbocycles. The Hall–Kier alpha value is -0.940. The van der Waals surface area contributed by atoms with Gasteiger partial charge in [-0.3, -0.25) is 4.79 Å². The lowest BCUT2D eigenvalue weighted by Crippen LogP contribution is -2.39. The molecule has 0 fully saturated rings. The van der Waals surface area contributed by atoms with Gasteiger partial charge in [-0.2, -0.15) is 0 Å². The van der Waals surface area contributed by atoms with E-state index in [4.69, 9.17) is 5.11 Å². The summed E-state index contributed by atoms with van der Waals surface area (Å²) in [5.74, 6) is -0.475. The van der Waals surface area contributed by atoms with Crippen LogP contribution in [0.25, 0.3) is 0 Å². The van der Waals surface area contributed by atoms with E-state index in [9.17, 15) is 9.18 Å². The Morgan fingerprint density at radius 1 is 1.50 bits per heavy atom. The van der Waals surface area contributed by atoms with E-state index in [0.29, 0.717) is 4.47 Å². The average Bonchev–Trinajstić information content (AvgIpc) is 2.32. The number of halogens is 2. The van der Waals surface area contributed by atoms with Gasteiger partial charge < -0.3 is 10.4 Å². The van der Waals surface area contributed by atoms with Crippen LogP contribution in [-0.2, 0) is 11.2 Å². The molecule has 0 aliphatic heterocycles. The van der Waals surface area contributed by atoms with Crippen molar-refractivity contribution in [2.24, 2.45) is 5.92 Å². The largest absolute Gasteiger partial charge is 0.396 e. The molecule has 5 heteroatoms. The molecule has 3 nitrogen and oxygen atoms in total. The maximum Gasteiger partial charge on any atom is 0.224 e. The van der Waals surface area contributed by atoms with E-state index >= 15 is 0 Å². The van der Waals surface area contributed by atoms with Crippen LogP contribution in [0.1, 0.15) is 19.4 Å². The Bertz CT molecular complexity index is 425. The van der Waals surface area contributed by atoms with E-state index in [-0.39, 0.29) is 36.7 Å². The van der Waals surface area contributed by atoms with Crippen LogP contribution in [0.15, 0.2) is 22.7 Å². The van der Waals surface area contributed by atoms with E-state index in [1.165, 1.54) is 6.07 Å². The summed E-state index contributed by atoms with van der Waals surface area (Å²) in [6.07, 6.45) is 0.196. The first-order valence-corrected chi connectivity index (χ1v) is 6.57. The molecule has 1 aromatic rings. The monoisotopic (exact) mass is 317 g/mol. The number of carbonyl (C=O) groups is 1. The molecule has 0 bridgehead atoms. The average molecular weight is 318 g/mol. The number of hydrogen-bond acceptors (Lipinski definition) is 2. The molecule has 2 N–H and O–H groups in total. The van der Waals surface area contributed by atoms with Crippen molar-refractivity contribution in [2.45, 2.75) is 26.3 Å². The first-order chi connectivity index (χ1) is 8.43. The molecule has 1 rings (SSSR count). The molecule has 0 saturated heterocycles. The first kappa shape index (κ1) is 15.1. The van der Waals surface area contributed by atoms with Gasteiger partial charge >= 0.3 is 0 Å². The van der Waals surface area contributed by atoms with Crippen molar-refractivity contribution in [2.75, 3.05) is 6.61 Å². The SMILES string of the molecule is CC(CO)C(C)NC(=O)Cc1ccc(F)c(Br)c1. The van der Waals surface area contributed by atoms with Crippen molar-refractivity contribution in [3.05, 3.63) is 34.1 Å². The summed E-state index contributed by atoms with van der Waals surface area (Å²) in [7, 11) is 0. The van der Waals surface area contributed by atoms with E-state index in [1.807, 2.05) is 13.8 Å². The summed E-state index contributed by atoms with van der Waals surface area (Å²) in [6, 6.07) is 4.41. The number of nitrogens with one attached hydrogen (secondary N) is 1. The molecule has 0 spiro atoms. The lowest BCUT2D eigenvalue weighted by molar-refractivity contribution is -0.121. The van der Waals surface area contributed by atoms with E-state index < -0.39 is 0 Å². The molecule has 0 heterocycles. The summed E-state index contributed by atoms with van der Waals surface area (Å²) in [6.45, 7) is 3.74. The van der Waals surface area contributed by atoms with Crippen LogP contribution in [0.2, 0.25) is 0 Å². The van der Waals surface area contributed by atoms with Crippen LogP contribution in [0, 0.1) is 11.7 Å². The Morgan fingerprint density at radius 2 is 2.17 bits per heavy atom. The summed E-state index contributed by atoms with van der Waals surface area (Å²) >= 11 is 3.08. The van der Waals surface area contributed by atoms with Gasteiger partial charge in [0, 0.05) is 12.6 Å². The van der Waals surface area contributed by atoms with Crippen LogP contribution in [0.5, 0.6) is 0 Å². The summed E-state index contributed by atoms with van der Waals surface area (Å²) in [5.41, 5.74) is 0.740. The van der Waals surface area contributed by atoms with E-state index in [0.717, 1.165) is 5.56 Å². The van der Waals surface area contributed by atoms with E-state index in [1.54, 1.807) is 12.1 Å². The molecule has 0 aromatic heterocycles. The Kier molecular flexibility index (Phi) is 5.75. The van der Waals surface area contributed by atoms with Gasteiger partial charge in [0.1, 0.15) is 5.82 Å². The molecule has 100 valence electrons. The van der Waals surface area contributed by atoms with Crippen molar-refractivity contribution in [3.8, 4) is 0 Å². The maximum atomic E-state index is 13.0. The molecule has 0 saturated carbocycles. The maximum absolute atomic E-state index is 13.0. The molecular weight excluding hydrogens is 301 g/mol. The number of hydrogen-bond donors (Lipinski definition) is 2. The van der Waals surface area contributed by atoms with Crippen molar-refractivity contribution in [3.63, 3.8) is 0 Å². The minimum Gasteiger partial charge on any atom is -0.396 e. The second kappa shape index (κ2) is 6.85. The quantitative estimate of drug-likeness (QED) is 0.875. The normalized spacial score (nSPS) is 14.1. The zero-order chi connectivity index (χ0) is 13.7. The van der Waals surface area contributed by atoms with Crippen LogP contribution >= 0.6 is 15.9 Å². The van der Waals surface area contributed by atoms with Crippen molar-refractivity contribution in [1.29, 1.82) is 0 Å². The highest BCUT2D eigenvalue weighted by atomic mass is 79.9.